The lowest BCUT2D eigenvalue weighted by atomic mass is 9.74. The lowest BCUT2D eigenvalue weighted by Gasteiger charge is -2.31. The van der Waals surface area contributed by atoms with Gasteiger partial charge < -0.3 is 9.47 Å². The van der Waals surface area contributed by atoms with Crippen LogP contribution in [0.4, 0.5) is 11.4 Å². The molecule has 0 amide bonds. The van der Waals surface area contributed by atoms with Crippen molar-refractivity contribution >= 4 is 38.8 Å². The van der Waals surface area contributed by atoms with Crippen LogP contribution in [0.3, 0.4) is 0 Å². The van der Waals surface area contributed by atoms with Crippen molar-refractivity contribution in [3.05, 3.63) is 181 Å². The minimum Gasteiger partial charge on any atom is -0.333 e. The molecule has 256 valence electrons. The van der Waals surface area contributed by atoms with Gasteiger partial charge in [0.2, 0.25) is 0 Å². The highest BCUT2D eigenvalue weighted by Crippen LogP contribution is 2.55. The first-order valence-corrected chi connectivity index (χ1v) is 19.4. The molecule has 2 nitrogen and oxygen atoms in total. The summed E-state index contributed by atoms with van der Waals surface area (Å²) in [6.45, 7) is 4.85. The topological polar surface area (TPSA) is 8.17 Å². The number of nitrogens with zero attached hydrogens (tertiary/aromatic N) is 2. The Morgan fingerprint density at radius 1 is 0.604 bits per heavy atom. The zero-order chi connectivity index (χ0) is 35.3. The zero-order valence-electron chi connectivity index (χ0n) is 30.3. The Morgan fingerprint density at radius 2 is 1.32 bits per heavy atom. The minimum atomic E-state index is 0.133. The third-order valence-corrected chi connectivity index (χ3v) is 12.9. The molecule has 6 aromatic carbocycles. The average Bonchev–Trinajstić information content (AvgIpc) is 3.81. The largest absolute Gasteiger partial charge is 0.333 e. The summed E-state index contributed by atoms with van der Waals surface area (Å²) in [5.41, 5.74) is 17.4. The van der Waals surface area contributed by atoms with E-state index in [4.69, 9.17) is 0 Å². The number of hydrogen-bond acceptors (Lipinski definition) is 1. The van der Waals surface area contributed by atoms with Crippen molar-refractivity contribution in [2.24, 2.45) is 5.92 Å². The third-order valence-electron chi connectivity index (χ3n) is 12.9. The highest BCUT2D eigenvalue weighted by atomic mass is 15.2. The van der Waals surface area contributed by atoms with Crippen molar-refractivity contribution < 1.29 is 0 Å². The van der Waals surface area contributed by atoms with E-state index >= 15 is 0 Å². The second-order valence-electron chi connectivity index (χ2n) is 16.0. The van der Waals surface area contributed by atoms with E-state index < -0.39 is 0 Å². The Labute approximate surface area is 312 Å². The summed E-state index contributed by atoms with van der Waals surface area (Å²) in [4.78, 5) is 2.66. The molecule has 2 heteroatoms. The van der Waals surface area contributed by atoms with Crippen LogP contribution in [0.2, 0.25) is 0 Å². The van der Waals surface area contributed by atoms with Crippen LogP contribution in [0.15, 0.2) is 164 Å². The van der Waals surface area contributed by atoms with E-state index in [2.05, 4.69) is 187 Å². The van der Waals surface area contributed by atoms with Crippen molar-refractivity contribution in [2.45, 2.75) is 50.5 Å². The molecule has 0 saturated carbocycles. The number of hydrogen-bond donors (Lipinski definition) is 0. The monoisotopic (exact) mass is 682 g/mol. The van der Waals surface area contributed by atoms with E-state index in [1.807, 2.05) is 0 Å². The first kappa shape index (κ1) is 30.7. The maximum absolute atomic E-state index is 2.66. The molecule has 0 N–H and O–H groups in total. The predicted octanol–water partition coefficient (Wildman–Crippen LogP) is 13.3. The summed E-state index contributed by atoms with van der Waals surface area (Å²) in [5, 5.41) is 2.57. The van der Waals surface area contributed by atoms with Gasteiger partial charge in [-0.25, -0.2) is 0 Å². The number of allylic oxidation sites excluding steroid dienone is 5. The Kier molecular flexibility index (Phi) is 6.71. The summed E-state index contributed by atoms with van der Waals surface area (Å²) in [6, 6.07) is 50.5. The standard InChI is InChI=1S/C51H42N2/c1-51(2)45-17-9-6-14-39(45)42-32-38(26-27-46(42)51)53-48-19-11-8-16-41(48)44-31-36(23-29-50(44)53)35-22-28-49-43(30-35)40-15-7-10-18-47(40)52(49)37-24-20-34(21-25-37)33-12-4-3-5-13-33/h3-7,9-10,12-18,20-32,39,45,48H,8,11,19H2,1-2H3. The van der Waals surface area contributed by atoms with E-state index in [0.29, 0.717) is 17.9 Å². The van der Waals surface area contributed by atoms with Crippen LogP contribution in [-0.4, -0.2) is 10.6 Å². The van der Waals surface area contributed by atoms with Gasteiger partial charge in [-0.2, -0.15) is 0 Å². The molecule has 7 aromatic rings. The Balaban J connectivity index is 0.994. The van der Waals surface area contributed by atoms with Crippen molar-refractivity contribution in [1.29, 1.82) is 0 Å². The second kappa shape index (κ2) is 11.6. The molecule has 0 fully saturated rings. The first-order valence-electron chi connectivity index (χ1n) is 19.4. The summed E-state index contributed by atoms with van der Waals surface area (Å²) >= 11 is 0. The molecule has 1 aromatic heterocycles. The van der Waals surface area contributed by atoms with Crippen LogP contribution < -0.4 is 4.90 Å². The van der Waals surface area contributed by atoms with E-state index in [9.17, 15) is 0 Å². The van der Waals surface area contributed by atoms with Gasteiger partial charge in [-0.3, -0.25) is 0 Å². The molecule has 3 aliphatic carbocycles. The van der Waals surface area contributed by atoms with Crippen molar-refractivity contribution in [3.63, 3.8) is 0 Å². The zero-order valence-corrected chi connectivity index (χ0v) is 30.3. The number of rotatable bonds is 4. The minimum absolute atomic E-state index is 0.133. The smallest absolute Gasteiger partial charge is 0.0595 e. The molecular formula is C51H42N2. The van der Waals surface area contributed by atoms with Gasteiger partial charge in [0.15, 0.2) is 0 Å². The average molecular weight is 683 g/mol. The number of fused-ring (bicyclic) bond motifs is 9. The fourth-order valence-corrected chi connectivity index (χ4v) is 10.3. The molecule has 1 aliphatic heterocycles. The fraction of sp³-hybridized carbons (Fsp3) is 0.176. The van der Waals surface area contributed by atoms with Crippen molar-refractivity contribution in [3.8, 4) is 27.9 Å². The van der Waals surface area contributed by atoms with Crippen LogP contribution in [-0.2, 0) is 5.41 Å². The molecule has 53 heavy (non-hydrogen) atoms. The lowest BCUT2D eigenvalue weighted by molar-refractivity contribution is 0.394. The number of para-hydroxylation sites is 1. The third kappa shape index (κ3) is 4.58. The van der Waals surface area contributed by atoms with Crippen LogP contribution in [0, 0.1) is 5.92 Å². The lowest BCUT2D eigenvalue weighted by Crippen LogP contribution is -2.28. The number of benzene rings is 6. The van der Waals surface area contributed by atoms with Gasteiger partial charge in [0, 0.05) is 39.3 Å². The van der Waals surface area contributed by atoms with Gasteiger partial charge in [-0.05, 0) is 124 Å². The molecule has 3 unspecified atom stereocenters. The van der Waals surface area contributed by atoms with Crippen LogP contribution in [0.25, 0.3) is 55.3 Å². The van der Waals surface area contributed by atoms with Gasteiger partial charge >= 0.3 is 0 Å². The highest BCUT2D eigenvalue weighted by Gasteiger charge is 2.45. The van der Waals surface area contributed by atoms with E-state index in [-0.39, 0.29) is 5.41 Å². The number of anilines is 2. The summed E-state index contributed by atoms with van der Waals surface area (Å²) < 4.78 is 2.42. The van der Waals surface area contributed by atoms with Gasteiger partial charge in [-0.15, -0.1) is 0 Å². The summed E-state index contributed by atoms with van der Waals surface area (Å²) in [5.74, 6) is 0.966. The number of aromatic nitrogens is 1. The molecule has 0 saturated heterocycles. The van der Waals surface area contributed by atoms with E-state index in [1.54, 1.807) is 0 Å². The molecular weight excluding hydrogens is 641 g/mol. The van der Waals surface area contributed by atoms with Crippen molar-refractivity contribution in [1.82, 2.24) is 4.57 Å². The van der Waals surface area contributed by atoms with E-state index in [0.717, 1.165) is 6.42 Å². The normalized spacial score (nSPS) is 20.7. The van der Waals surface area contributed by atoms with Gasteiger partial charge in [0.1, 0.15) is 0 Å². The van der Waals surface area contributed by atoms with Crippen LogP contribution in [0.1, 0.15) is 55.7 Å². The molecule has 0 radical (unpaired) electrons. The van der Waals surface area contributed by atoms with Crippen LogP contribution in [0.5, 0.6) is 0 Å². The Hall–Kier alpha value is -5.86. The molecule has 11 rings (SSSR count). The summed E-state index contributed by atoms with van der Waals surface area (Å²) in [6.07, 6.45) is 15.4. The first-order chi connectivity index (χ1) is 26.0. The predicted molar refractivity (Wildman–Crippen MR) is 223 cm³/mol. The molecule has 4 aliphatic rings. The van der Waals surface area contributed by atoms with Gasteiger partial charge in [0.25, 0.3) is 0 Å². The highest BCUT2D eigenvalue weighted by molar-refractivity contribution is 6.10. The molecule has 2 heterocycles. The van der Waals surface area contributed by atoms with E-state index in [1.165, 1.54) is 96.2 Å². The van der Waals surface area contributed by atoms with Gasteiger partial charge in [-0.1, -0.05) is 123 Å². The second-order valence-corrected chi connectivity index (χ2v) is 16.0. The van der Waals surface area contributed by atoms with Crippen molar-refractivity contribution in [2.75, 3.05) is 4.90 Å². The molecule has 0 bridgehead atoms. The fourth-order valence-electron chi connectivity index (χ4n) is 10.3. The SMILES string of the molecule is CC1(C)c2ccc(N3c4ccc(-c5ccc6c(c5)c5ccccc5n6-c5ccc(-c6ccccc6)cc5)cc4C4=CCCCC43)cc2C2C=CC=CC21. The quantitative estimate of drug-likeness (QED) is 0.179. The molecule has 0 spiro atoms. The maximum atomic E-state index is 2.66. The van der Waals surface area contributed by atoms with Crippen LogP contribution >= 0.6 is 0 Å². The molecule has 3 atom stereocenters. The Morgan fingerprint density at radius 3 is 2.21 bits per heavy atom. The maximum Gasteiger partial charge on any atom is 0.0595 e. The van der Waals surface area contributed by atoms with Gasteiger partial charge in [0.05, 0.1) is 17.1 Å². The summed E-state index contributed by atoms with van der Waals surface area (Å²) in [7, 11) is 0. The Bertz CT molecular complexity index is 2680.